The van der Waals surface area contributed by atoms with Crippen molar-refractivity contribution >= 4 is 15.8 Å². The summed E-state index contributed by atoms with van der Waals surface area (Å²) < 4.78 is 33.4. The average molecular weight is 413 g/mol. The van der Waals surface area contributed by atoms with E-state index in [4.69, 9.17) is 4.42 Å². The van der Waals surface area contributed by atoms with Crippen LogP contribution in [0.5, 0.6) is 0 Å². The Labute approximate surface area is 171 Å². The Bertz CT molecular complexity index is 1080. The number of aromatic nitrogens is 2. The summed E-state index contributed by atoms with van der Waals surface area (Å²) in [5.41, 5.74) is 3.33. The molecule has 3 aromatic rings. The van der Waals surface area contributed by atoms with Gasteiger partial charge in [0.15, 0.2) is 11.6 Å². The number of anilines is 1. The molecule has 7 nitrogen and oxygen atoms in total. The highest BCUT2D eigenvalue weighted by molar-refractivity contribution is 7.89. The van der Waals surface area contributed by atoms with E-state index in [0.717, 1.165) is 22.5 Å². The van der Waals surface area contributed by atoms with E-state index >= 15 is 0 Å². The first-order valence-corrected chi connectivity index (χ1v) is 11.0. The third-order valence-electron chi connectivity index (χ3n) is 5.19. The Kier molecular flexibility index (Phi) is 5.14. The highest BCUT2D eigenvalue weighted by atomic mass is 32.2. The van der Waals surface area contributed by atoms with Gasteiger partial charge in [-0.25, -0.2) is 8.42 Å². The molecule has 0 saturated carbocycles. The maximum absolute atomic E-state index is 13.2. The van der Waals surface area contributed by atoms with E-state index in [-0.39, 0.29) is 0 Å². The van der Waals surface area contributed by atoms with Gasteiger partial charge in [-0.05, 0) is 56.2 Å². The van der Waals surface area contributed by atoms with Gasteiger partial charge in [0.25, 0.3) is 0 Å². The lowest BCUT2D eigenvalue weighted by Crippen LogP contribution is -2.49. The summed E-state index contributed by atoms with van der Waals surface area (Å²) in [7, 11) is -3.52. The molecule has 1 aromatic carbocycles. The van der Waals surface area contributed by atoms with Crippen LogP contribution in [-0.4, -0.2) is 49.1 Å². The van der Waals surface area contributed by atoms with Crippen molar-refractivity contribution in [2.24, 2.45) is 0 Å². The van der Waals surface area contributed by atoms with E-state index in [1.165, 1.54) is 0 Å². The Morgan fingerprint density at radius 2 is 1.62 bits per heavy atom. The van der Waals surface area contributed by atoms with E-state index in [1.807, 2.05) is 57.2 Å². The highest BCUT2D eigenvalue weighted by Gasteiger charge is 2.31. The van der Waals surface area contributed by atoms with Crippen LogP contribution in [-0.2, 0) is 10.0 Å². The van der Waals surface area contributed by atoms with Crippen molar-refractivity contribution in [3.63, 3.8) is 0 Å². The van der Waals surface area contributed by atoms with E-state index in [0.29, 0.717) is 42.5 Å². The SMILES string of the molecule is Cc1cc(C)c(S(=O)(=O)N2CCN(c3ccc(-c4ccco4)nn3)CC2)c(C)c1. The van der Waals surface area contributed by atoms with Crippen molar-refractivity contribution in [1.82, 2.24) is 14.5 Å². The smallest absolute Gasteiger partial charge is 0.243 e. The maximum Gasteiger partial charge on any atom is 0.243 e. The first-order valence-electron chi connectivity index (χ1n) is 9.57. The molecule has 0 bridgehead atoms. The minimum absolute atomic E-state index is 0.413. The summed E-state index contributed by atoms with van der Waals surface area (Å²) in [6.45, 7) is 7.66. The fraction of sp³-hybridized carbons (Fsp3) is 0.333. The Morgan fingerprint density at radius 3 is 2.17 bits per heavy atom. The Hall–Kier alpha value is -2.71. The molecular weight excluding hydrogens is 388 g/mol. The number of hydrogen-bond donors (Lipinski definition) is 0. The van der Waals surface area contributed by atoms with Crippen molar-refractivity contribution in [3.8, 4) is 11.5 Å². The van der Waals surface area contributed by atoms with Gasteiger partial charge in [0.1, 0.15) is 5.69 Å². The average Bonchev–Trinajstić information content (AvgIpc) is 3.22. The largest absolute Gasteiger partial charge is 0.463 e. The molecule has 0 amide bonds. The molecular formula is C21H24N4O3S. The van der Waals surface area contributed by atoms with Crippen LogP contribution in [0.3, 0.4) is 0 Å². The first kappa shape index (κ1) is 19.6. The minimum atomic E-state index is -3.52. The van der Waals surface area contributed by atoms with Crippen LogP contribution < -0.4 is 4.90 Å². The molecule has 0 aliphatic carbocycles. The summed E-state index contributed by atoms with van der Waals surface area (Å²) in [6, 6.07) is 11.2. The number of benzene rings is 1. The molecule has 8 heteroatoms. The van der Waals surface area contributed by atoms with Crippen molar-refractivity contribution in [1.29, 1.82) is 0 Å². The van der Waals surface area contributed by atoms with Crippen molar-refractivity contribution in [2.75, 3.05) is 31.1 Å². The van der Waals surface area contributed by atoms with Crippen LogP contribution in [0.1, 0.15) is 16.7 Å². The predicted octanol–water partition coefficient (Wildman–Crippen LogP) is 3.17. The van der Waals surface area contributed by atoms with E-state index in [2.05, 4.69) is 15.1 Å². The quantitative estimate of drug-likeness (QED) is 0.655. The molecule has 1 saturated heterocycles. The first-order chi connectivity index (χ1) is 13.9. The normalized spacial score (nSPS) is 15.6. The second-order valence-electron chi connectivity index (χ2n) is 7.37. The van der Waals surface area contributed by atoms with Gasteiger partial charge in [0, 0.05) is 26.2 Å². The summed E-state index contributed by atoms with van der Waals surface area (Å²) in [5, 5.41) is 8.52. The zero-order valence-electron chi connectivity index (χ0n) is 16.8. The second-order valence-corrected chi connectivity index (χ2v) is 9.25. The molecule has 0 atom stereocenters. The Morgan fingerprint density at radius 1 is 0.931 bits per heavy atom. The van der Waals surface area contributed by atoms with Gasteiger partial charge < -0.3 is 9.32 Å². The third-order valence-corrected chi connectivity index (χ3v) is 7.39. The standard InChI is InChI=1S/C21H24N4O3S/c1-15-13-16(2)21(17(3)14-15)29(26,27)25-10-8-24(9-11-25)20-7-6-18(22-23-20)19-5-4-12-28-19/h4-7,12-14H,8-11H2,1-3H3. The van der Waals surface area contributed by atoms with Crippen LogP contribution in [0.4, 0.5) is 5.82 Å². The van der Waals surface area contributed by atoms with Gasteiger partial charge in [0.05, 0.1) is 11.2 Å². The topological polar surface area (TPSA) is 79.5 Å². The van der Waals surface area contributed by atoms with E-state index in [1.54, 1.807) is 10.6 Å². The van der Waals surface area contributed by atoms with Crippen LogP contribution in [0.15, 0.2) is 52.0 Å². The second kappa shape index (κ2) is 7.61. The van der Waals surface area contributed by atoms with E-state index in [9.17, 15) is 8.42 Å². The zero-order valence-corrected chi connectivity index (χ0v) is 17.6. The lowest BCUT2D eigenvalue weighted by Gasteiger charge is -2.35. The van der Waals surface area contributed by atoms with Crippen molar-refractivity contribution in [3.05, 3.63) is 59.4 Å². The molecule has 0 N–H and O–H groups in total. The number of nitrogens with zero attached hydrogens (tertiary/aromatic N) is 4. The van der Waals surface area contributed by atoms with Crippen LogP contribution in [0.2, 0.25) is 0 Å². The van der Waals surface area contributed by atoms with Crippen molar-refractivity contribution < 1.29 is 12.8 Å². The van der Waals surface area contributed by atoms with Gasteiger partial charge in [-0.3, -0.25) is 0 Å². The summed E-state index contributed by atoms with van der Waals surface area (Å²) in [5.74, 6) is 1.41. The maximum atomic E-state index is 13.2. The summed E-state index contributed by atoms with van der Waals surface area (Å²) in [4.78, 5) is 2.49. The minimum Gasteiger partial charge on any atom is -0.463 e. The molecule has 0 radical (unpaired) electrons. The number of piperazine rings is 1. The monoisotopic (exact) mass is 412 g/mol. The van der Waals surface area contributed by atoms with Gasteiger partial charge in [-0.15, -0.1) is 10.2 Å². The fourth-order valence-electron chi connectivity index (χ4n) is 3.91. The van der Waals surface area contributed by atoms with Gasteiger partial charge in [0.2, 0.25) is 10.0 Å². The number of hydrogen-bond acceptors (Lipinski definition) is 6. The van der Waals surface area contributed by atoms with Crippen molar-refractivity contribution in [2.45, 2.75) is 25.7 Å². The molecule has 0 unspecified atom stereocenters. The van der Waals surface area contributed by atoms with Gasteiger partial charge in [-0.1, -0.05) is 17.7 Å². The van der Waals surface area contributed by atoms with Crippen LogP contribution >= 0.6 is 0 Å². The summed E-state index contributed by atoms with van der Waals surface area (Å²) >= 11 is 0. The number of sulfonamides is 1. The predicted molar refractivity (Wildman–Crippen MR) is 111 cm³/mol. The molecule has 3 heterocycles. The lowest BCUT2D eigenvalue weighted by molar-refractivity contribution is 0.383. The number of rotatable bonds is 4. The molecule has 1 aliphatic heterocycles. The molecule has 1 fully saturated rings. The number of furan rings is 1. The zero-order chi connectivity index (χ0) is 20.6. The molecule has 2 aromatic heterocycles. The van der Waals surface area contributed by atoms with Gasteiger partial charge >= 0.3 is 0 Å². The summed E-state index contributed by atoms with van der Waals surface area (Å²) in [6.07, 6.45) is 1.60. The molecule has 1 aliphatic rings. The number of aryl methyl sites for hydroxylation is 3. The van der Waals surface area contributed by atoms with E-state index < -0.39 is 10.0 Å². The lowest BCUT2D eigenvalue weighted by atomic mass is 10.1. The molecule has 4 rings (SSSR count). The Balaban J connectivity index is 1.48. The molecule has 0 spiro atoms. The van der Waals surface area contributed by atoms with Gasteiger partial charge in [-0.2, -0.15) is 4.31 Å². The molecule has 152 valence electrons. The fourth-order valence-corrected chi connectivity index (χ4v) is 5.74. The highest BCUT2D eigenvalue weighted by Crippen LogP contribution is 2.27. The third kappa shape index (κ3) is 3.77. The van der Waals surface area contributed by atoms with Crippen LogP contribution in [0, 0.1) is 20.8 Å². The van der Waals surface area contributed by atoms with Crippen LogP contribution in [0.25, 0.3) is 11.5 Å². The molecule has 29 heavy (non-hydrogen) atoms.